The van der Waals surface area contributed by atoms with Crippen molar-refractivity contribution in [2.45, 2.75) is 43.8 Å². The largest absolute Gasteiger partial charge is 0.490 e. The number of hydrogen-bond acceptors (Lipinski definition) is 6. The van der Waals surface area contributed by atoms with Gasteiger partial charge in [0.25, 0.3) is 0 Å². The van der Waals surface area contributed by atoms with Crippen molar-refractivity contribution in [3.05, 3.63) is 53.6 Å². The third-order valence-corrected chi connectivity index (χ3v) is 6.99. The number of amides is 1. The molecule has 33 heavy (non-hydrogen) atoms. The van der Waals surface area contributed by atoms with E-state index in [9.17, 15) is 4.79 Å². The third-order valence-electron chi connectivity index (χ3n) is 6.15. The van der Waals surface area contributed by atoms with Gasteiger partial charge in [-0.2, -0.15) is 0 Å². The number of nitrogens with one attached hydrogen (secondary N) is 1. The Morgan fingerprint density at radius 1 is 1.12 bits per heavy atom. The summed E-state index contributed by atoms with van der Waals surface area (Å²) in [6.07, 6.45) is 3.83. The Morgan fingerprint density at radius 3 is 2.76 bits per heavy atom. The van der Waals surface area contributed by atoms with Crippen LogP contribution in [0, 0.1) is 0 Å². The van der Waals surface area contributed by atoms with Gasteiger partial charge in [0.1, 0.15) is 0 Å². The number of H-pyrrole nitrogens is 1. The first-order valence-corrected chi connectivity index (χ1v) is 12.5. The molecular weight excluding hydrogens is 436 g/mol. The van der Waals surface area contributed by atoms with E-state index in [1.54, 1.807) is 0 Å². The molecular formula is C25H28N4O3S. The van der Waals surface area contributed by atoms with Crippen molar-refractivity contribution in [2.24, 2.45) is 0 Å². The van der Waals surface area contributed by atoms with E-state index in [4.69, 9.17) is 9.47 Å². The van der Waals surface area contributed by atoms with Crippen molar-refractivity contribution >= 4 is 17.7 Å². The lowest BCUT2D eigenvalue weighted by Crippen LogP contribution is -2.32. The highest BCUT2D eigenvalue weighted by Crippen LogP contribution is 2.38. The Labute approximate surface area is 197 Å². The van der Waals surface area contributed by atoms with Crippen molar-refractivity contribution in [1.82, 2.24) is 20.1 Å². The quantitative estimate of drug-likeness (QED) is 0.535. The number of nitrogens with zero attached hydrogens (tertiary/aromatic N) is 3. The second-order valence-corrected chi connectivity index (χ2v) is 9.25. The number of ether oxygens (including phenoxy) is 2. The van der Waals surface area contributed by atoms with Gasteiger partial charge in [0.2, 0.25) is 11.1 Å². The lowest BCUT2D eigenvalue weighted by molar-refractivity contribution is -0.129. The van der Waals surface area contributed by atoms with Crippen LogP contribution in [0.1, 0.15) is 43.4 Å². The van der Waals surface area contributed by atoms with Gasteiger partial charge in [-0.3, -0.25) is 9.89 Å². The van der Waals surface area contributed by atoms with E-state index in [0.29, 0.717) is 24.1 Å². The van der Waals surface area contributed by atoms with E-state index in [0.717, 1.165) is 60.7 Å². The smallest absolute Gasteiger partial charge is 0.233 e. The first kappa shape index (κ1) is 21.8. The molecule has 2 aliphatic heterocycles. The minimum atomic E-state index is 0.0648. The van der Waals surface area contributed by atoms with Gasteiger partial charge in [-0.1, -0.05) is 49.0 Å². The molecule has 7 nitrogen and oxygen atoms in total. The SMILES string of the molecule is CCc1ccc(-c2nc(SCC(=O)N3CCC[C@@H]3c3ccc4c(c3)OCCCO4)n[nH]2)cc1. The fourth-order valence-electron chi connectivity index (χ4n) is 4.35. The highest BCUT2D eigenvalue weighted by molar-refractivity contribution is 7.99. The molecule has 1 fully saturated rings. The number of carbonyl (C=O) groups excluding carboxylic acids is 1. The number of rotatable bonds is 6. The summed E-state index contributed by atoms with van der Waals surface area (Å²) in [6, 6.07) is 14.4. The Hall–Kier alpha value is -3.00. The summed E-state index contributed by atoms with van der Waals surface area (Å²) in [5.74, 6) is 2.70. The van der Waals surface area contributed by atoms with Crippen LogP contribution in [0.3, 0.4) is 0 Å². The lowest BCUT2D eigenvalue weighted by Gasteiger charge is -2.25. The maximum atomic E-state index is 13.1. The van der Waals surface area contributed by atoms with Crippen LogP contribution in [0.4, 0.5) is 0 Å². The van der Waals surface area contributed by atoms with Crippen molar-refractivity contribution in [3.63, 3.8) is 0 Å². The van der Waals surface area contributed by atoms with Crippen molar-refractivity contribution in [1.29, 1.82) is 0 Å². The maximum absolute atomic E-state index is 13.1. The topological polar surface area (TPSA) is 80.3 Å². The van der Waals surface area contributed by atoms with E-state index in [1.807, 2.05) is 29.2 Å². The summed E-state index contributed by atoms with van der Waals surface area (Å²) in [5, 5.41) is 7.87. The fraction of sp³-hybridized carbons (Fsp3) is 0.400. The van der Waals surface area contributed by atoms with Crippen LogP contribution in [0.5, 0.6) is 11.5 Å². The monoisotopic (exact) mass is 464 g/mol. The van der Waals surface area contributed by atoms with Gasteiger partial charge >= 0.3 is 0 Å². The van der Waals surface area contributed by atoms with Crippen LogP contribution < -0.4 is 9.47 Å². The number of aryl methyl sites for hydroxylation is 1. The molecule has 5 rings (SSSR count). The van der Waals surface area contributed by atoms with E-state index < -0.39 is 0 Å². The zero-order chi connectivity index (χ0) is 22.6. The van der Waals surface area contributed by atoms with E-state index in [1.165, 1.54) is 17.3 Å². The number of benzene rings is 2. The number of fused-ring (bicyclic) bond motifs is 1. The molecule has 2 aliphatic rings. The molecule has 1 saturated heterocycles. The molecule has 0 aliphatic carbocycles. The molecule has 1 amide bonds. The van der Waals surface area contributed by atoms with Gasteiger partial charge < -0.3 is 14.4 Å². The van der Waals surface area contributed by atoms with Crippen LogP contribution in [-0.4, -0.2) is 51.5 Å². The van der Waals surface area contributed by atoms with E-state index in [-0.39, 0.29) is 11.9 Å². The minimum Gasteiger partial charge on any atom is -0.490 e. The Kier molecular flexibility index (Phi) is 6.53. The third kappa shape index (κ3) is 4.85. The number of carbonyl (C=O) groups is 1. The zero-order valence-corrected chi connectivity index (χ0v) is 19.6. The number of aromatic amines is 1. The average Bonchev–Trinajstić information content (AvgIpc) is 3.48. The number of hydrogen-bond donors (Lipinski definition) is 1. The molecule has 8 heteroatoms. The molecule has 172 valence electrons. The van der Waals surface area contributed by atoms with Crippen LogP contribution >= 0.6 is 11.8 Å². The van der Waals surface area contributed by atoms with Crippen LogP contribution in [0.15, 0.2) is 47.6 Å². The second-order valence-electron chi connectivity index (χ2n) is 8.31. The van der Waals surface area contributed by atoms with Gasteiger partial charge in [-0.25, -0.2) is 4.98 Å². The van der Waals surface area contributed by atoms with Gasteiger partial charge in [0, 0.05) is 18.5 Å². The molecule has 1 N–H and O–H groups in total. The molecule has 0 radical (unpaired) electrons. The van der Waals surface area contributed by atoms with Crippen LogP contribution in [0.25, 0.3) is 11.4 Å². The van der Waals surface area contributed by atoms with Crippen molar-refractivity contribution < 1.29 is 14.3 Å². The summed E-state index contributed by atoms with van der Waals surface area (Å²) in [6.45, 7) is 4.23. The number of thioether (sulfide) groups is 1. The predicted octanol–water partition coefficient (Wildman–Crippen LogP) is 4.65. The highest BCUT2D eigenvalue weighted by atomic mass is 32.2. The fourth-order valence-corrected chi connectivity index (χ4v) is 5.03. The van der Waals surface area contributed by atoms with Crippen LogP contribution in [0.2, 0.25) is 0 Å². The Bertz CT molecular complexity index is 1120. The maximum Gasteiger partial charge on any atom is 0.233 e. The summed E-state index contributed by atoms with van der Waals surface area (Å²) < 4.78 is 11.6. The molecule has 2 aromatic carbocycles. The standard InChI is InChI=1S/C25H28N4O3S/c1-2-17-6-8-18(9-7-17)24-26-25(28-27-24)33-16-23(30)29-12-3-5-20(29)19-10-11-21-22(15-19)32-14-4-13-31-21/h6-11,15,20H,2-5,12-14,16H2,1H3,(H,26,27,28)/t20-/m1/s1. The predicted molar refractivity (Wildman–Crippen MR) is 128 cm³/mol. The van der Waals surface area contributed by atoms with E-state index in [2.05, 4.69) is 40.3 Å². The number of aromatic nitrogens is 3. The second kappa shape index (κ2) is 9.87. The van der Waals surface area contributed by atoms with Crippen molar-refractivity contribution in [3.8, 4) is 22.9 Å². The molecule has 0 unspecified atom stereocenters. The summed E-state index contributed by atoms with van der Waals surface area (Å²) >= 11 is 1.37. The van der Waals surface area contributed by atoms with Gasteiger partial charge in [0.05, 0.1) is 25.0 Å². The molecule has 0 bridgehead atoms. The molecule has 0 saturated carbocycles. The molecule has 0 spiro atoms. The van der Waals surface area contributed by atoms with Crippen molar-refractivity contribution in [2.75, 3.05) is 25.5 Å². The molecule has 1 atom stereocenters. The normalized spacial score (nSPS) is 17.7. The summed E-state index contributed by atoms with van der Waals surface area (Å²) in [5.41, 5.74) is 3.38. The molecule has 3 aromatic rings. The number of likely N-dealkylation sites (tertiary alicyclic amines) is 1. The average molecular weight is 465 g/mol. The molecule has 3 heterocycles. The minimum absolute atomic E-state index is 0.0648. The Balaban J connectivity index is 1.23. The first-order chi connectivity index (χ1) is 16.2. The van der Waals surface area contributed by atoms with Gasteiger partial charge in [-0.15, -0.1) is 5.10 Å². The Morgan fingerprint density at radius 2 is 1.94 bits per heavy atom. The highest BCUT2D eigenvalue weighted by Gasteiger charge is 2.31. The van der Waals surface area contributed by atoms with Gasteiger partial charge in [0.15, 0.2) is 17.3 Å². The molecule has 1 aromatic heterocycles. The van der Waals surface area contributed by atoms with Gasteiger partial charge in [-0.05, 0) is 42.5 Å². The summed E-state index contributed by atoms with van der Waals surface area (Å²) in [7, 11) is 0. The summed E-state index contributed by atoms with van der Waals surface area (Å²) in [4.78, 5) is 19.6. The first-order valence-electron chi connectivity index (χ1n) is 11.5. The van der Waals surface area contributed by atoms with E-state index >= 15 is 0 Å². The van der Waals surface area contributed by atoms with Crippen LogP contribution in [-0.2, 0) is 11.2 Å². The lowest BCUT2D eigenvalue weighted by atomic mass is 10.0. The zero-order valence-electron chi connectivity index (χ0n) is 18.8.